The van der Waals surface area contributed by atoms with Crippen LogP contribution in [-0.2, 0) is 17.4 Å². The van der Waals surface area contributed by atoms with E-state index in [1.54, 1.807) is 30.0 Å². The van der Waals surface area contributed by atoms with E-state index in [2.05, 4.69) is 4.90 Å². The number of carbonyl (C=O) groups is 1. The van der Waals surface area contributed by atoms with Gasteiger partial charge >= 0.3 is 11.8 Å². The molecule has 0 radical (unpaired) electrons. The summed E-state index contributed by atoms with van der Waals surface area (Å²) in [6.45, 7) is 4.16. The molecule has 0 N–H and O–H groups in total. The Morgan fingerprint density at radius 3 is 2.53 bits per heavy atom. The highest BCUT2D eigenvalue weighted by Gasteiger charge is 2.33. The number of para-hydroxylation sites is 1. The van der Waals surface area contributed by atoms with E-state index in [1.165, 1.54) is 18.2 Å². The van der Waals surface area contributed by atoms with Crippen LogP contribution in [0.15, 0.2) is 57.7 Å². The van der Waals surface area contributed by atoms with E-state index in [0.29, 0.717) is 50.5 Å². The molecule has 0 spiro atoms. The average molecular weight is 474 g/mol. The van der Waals surface area contributed by atoms with Gasteiger partial charge in [0.25, 0.3) is 5.91 Å². The van der Waals surface area contributed by atoms with Gasteiger partial charge < -0.3 is 14.1 Å². The lowest BCUT2D eigenvalue weighted by Crippen LogP contribution is -2.50. The van der Waals surface area contributed by atoms with Crippen molar-refractivity contribution in [2.45, 2.75) is 19.5 Å². The molecule has 0 bridgehead atoms. The zero-order chi connectivity index (χ0) is 24.3. The summed E-state index contributed by atoms with van der Waals surface area (Å²) in [6, 6.07) is 12.3. The van der Waals surface area contributed by atoms with Gasteiger partial charge in [-0.25, -0.2) is 4.79 Å². The maximum atomic E-state index is 13.2. The van der Waals surface area contributed by atoms with Gasteiger partial charge in [0.15, 0.2) is 17.9 Å². The monoisotopic (exact) mass is 474 g/mol. The highest BCUT2D eigenvalue weighted by Crippen LogP contribution is 2.32. The molecule has 1 aliphatic heterocycles. The lowest BCUT2D eigenvalue weighted by atomic mass is 10.0. The van der Waals surface area contributed by atoms with Crippen molar-refractivity contribution in [2.24, 2.45) is 0 Å². The van der Waals surface area contributed by atoms with Gasteiger partial charge in [-0.1, -0.05) is 30.3 Å². The lowest BCUT2D eigenvalue weighted by Gasteiger charge is -2.34. The lowest BCUT2D eigenvalue weighted by molar-refractivity contribution is -0.138. The number of carbonyl (C=O) groups excluding carboxylic acids is 1. The molecule has 2 aromatic carbocycles. The highest BCUT2D eigenvalue weighted by molar-refractivity contribution is 5.85. The van der Waals surface area contributed by atoms with Crippen molar-refractivity contribution in [1.29, 1.82) is 0 Å². The predicted molar refractivity (Wildman–Crippen MR) is 121 cm³/mol. The number of piperazine rings is 1. The summed E-state index contributed by atoms with van der Waals surface area (Å²) in [5.74, 6) is 0.127. The van der Waals surface area contributed by atoms with E-state index in [4.69, 9.17) is 9.15 Å². The van der Waals surface area contributed by atoms with Crippen molar-refractivity contribution in [3.63, 3.8) is 0 Å². The van der Waals surface area contributed by atoms with Crippen molar-refractivity contribution in [1.82, 2.24) is 9.80 Å². The molecular weight excluding hydrogens is 449 g/mol. The minimum atomic E-state index is -4.37. The molecule has 34 heavy (non-hydrogen) atoms. The van der Waals surface area contributed by atoms with Gasteiger partial charge in [-0.3, -0.25) is 9.69 Å². The summed E-state index contributed by atoms with van der Waals surface area (Å²) in [5.41, 5.74) is 0.266. The highest BCUT2D eigenvalue weighted by atomic mass is 19.4. The Bertz CT molecular complexity index is 1230. The topological polar surface area (TPSA) is 63.0 Å². The van der Waals surface area contributed by atoms with Crippen molar-refractivity contribution < 1.29 is 27.1 Å². The molecule has 1 aromatic heterocycles. The number of rotatable bonds is 6. The SMILES string of the molecule is Cc1cc(=O)oc2c(OCC(=O)N3CCN(CCc4ccccc4C(F)(F)F)CC3)cccc12. The van der Waals surface area contributed by atoms with Gasteiger partial charge in [0.2, 0.25) is 0 Å². The third-order valence-electron chi connectivity index (χ3n) is 6.04. The van der Waals surface area contributed by atoms with Crippen molar-refractivity contribution >= 4 is 16.9 Å². The molecule has 1 saturated heterocycles. The molecule has 2 heterocycles. The molecular formula is C25H25F3N2O4. The van der Waals surface area contributed by atoms with Crippen molar-refractivity contribution in [2.75, 3.05) is 39.3 Å². The van der Waals surface area contributed by atoms with E-state index >= 15 is 0 Å². The second-order valence-electron chi connectivity index (χ2n) is 8.30. The van der Waals surface area contributed by atoms with Crippen LogP contribution in [0.25, 0.3) is 11.0 Å². The zero-order valence-electron chi connectivity index (χ0n) is 18.7. The summed E-state index contributed by atoms with van der Waals surface area (Å²) in [5, 5.41) is 0.741. The molecule has 0 saturated carbocycles. The normalized spacial score (nSPS) is 15.0. The first-order chi connectivity index (χ1) is 16.2. The Balaban J connectivity index is 1.30. The van der Waals surface area contributed by atoms with E-state index in [-0.39, 0.29) is 18.1 Å². The number of ether oxygens (including phenoxy) is 1. The number of alkyl halides is 3. The fourth-order valence-corrected chi connectivity index (χ4v) is 4.17. The minimum Gasteiger partial charge on any atom is -0.480 e. The first-order valence-electron chi connectivity index (χ1n) is 11.0. The van der Waals surface area contributed by atoms with E-state index in [0.717, 1.165) is 17.0 Å². The largest absolute Gasteiger partial charge is 0.480 e. The van der Waals surface area contributed by atoms with Crippen LogP contribution in [0.1, 0.15) is 16.7 Å². The summed E-state index contributed by atoms with van der Waals surface area (Å²) in [7, 11) is 0. The molecule has 3 aromatic rings. The van der Waals surface area contributed by atoms with E-state index in [1.807, 2.05) is 6.07 Å². The zero-order valence-corrected chi connectivity index (χ0v) is 18.7. The molecule has 1 aliphatic rings. The Morgan fingerprint density at radius 1 is 1.06 bits per heavy atom. The van der Waals surface area contributed by atoms with Gasteiger partial charge in [0.1, 0.15) is 0 Å². The van der Waals surface area contributed by atoms with Crippen LogP contribution < -0.4 is 10.4 Å². The van der Waals surface area contributed by atoms with Crippen LogP contribution in [0.4, 0.5) is 13.2 Å². The number of halogens is 3. The number of benzene rings is 2. The Hall–Kier alpha value is -3.33. The van der Waals surface area contributed by atoms with Crippen LogP contribution in [0, 0.1) is 6.92 Å². The van der Waals surface area contributed by atoms with Gasteiger partial charge in [0.05, 0.1) is 5.56 Å². The van der Waals surface area contributed by atoms with Gasteiger partial charge in [0, 0.05) is 44.2 Å². The number of nitrogens with zero attached hydrogens (tertiary/aromatic N) is 2. The molecule has 180 valence electrons. The maximum Gasteiger partial charge on any atom is 0.416 e. The van der Waals surface area contributed by atoms with Crippen LogP contribution in [-0.4, -0.2) is 55.0 Å². The molecule has 0 atom stereocenters. The fraction of sp³-hybridized carbons (Fsp3) is 0.360. The second-order valence-corrected chi connectivity index (χ2v) is 8.30. The quantitative estimate of drug-likeness (QED) is 0.508. The Labute approximate surface area is 194 Å². The first-order valence-corrected chi connectivity index (χ1v) is 11.0. The smallest absolute Gasteiger partial charge is 0.416 e. The molecule has 1 amide bonds. The molecule has 6 nitrogen and oxygen atoms in total. The Kier molecular flexibility index (Phi) is 6.92. The number of amides is 1. The van der Waals surface area contributed by atoms with Gasteiger partial charge in [-0.15, -0.1) is 0 Å². The average Bonchev–Trinajstić information content (AvgIpc) is 2.81. The second kappa shape index (κ2) is 9.89. The van der Waals surface area contributed by atoms with Gasteiger partial charge in [-0.05, 0) is 36.6 Å². The maximum absolute atomic E-state index is 13.2. The van der Waals surface area contributed by atoms with Crippen LogP contribution in [0.3, 0.4) is 0 Å². The van der Waals surface area contributed by atoms with Crippen LogP contribution in [0.5, 0.6) is 5.75 Å². The molecule has 0 unspecified atom stereocenters. The number of aryl methyl sites for hydroxylation is 1. The summed E-state index contributed by atoms with van der Waals surface area (Å²) in [4.78, 5) is 28.1. The predicted octanol–water partition coefficient (Wildman–Crippen LogP) is 3.89. The van der Waals surface area contributed by atoms with E-state index in [9.17, 15) is 22.8 Å². The van der Waals surface area contributed by atoms with Crippen molar-refractivity contribution in [3.05, 3.63) is 75.6 Å². The van der Waals surface area contributed by atoms with Crippen LogP contribution in [0.2, 0.25) is 0 Å². The van der Waals surface area contributed by atoms with Gasteiger partial charge in [-0.2, -0.15) is 13.2 Å². The minimum absolute atomic E-state index is 0.199. The number of fused-ring (bicyclic) bond motifs is 1. The molecule has 4 rings (SSSR count). The summed E-state index contributed by atoms with van der Waals surface area (Å²) in [6.07, 6.45) is -4.08. The number of hydrogen-bond donors (Lipinski definition) is 0. The molecule has 1 fully saturated rings. The fourth-order valence-electron chi connectivity index (χ4n) is 4.17. The van der Waals surface area contributed by atoms with Crippen LogP contribution >= 0.6 is 0 Å². The summed E-state index contributed by atoms with van der Waals surface area (Å²) >= 11 is 0. The molecule has 9 heteroatoms. The number of hydrogen-bond acceptors (Lipinski definition) is 5. The van der Waals surface area contributed by atoms with Crippen molar-refractivity contribution in [3.8, 4) is 5.75 Å². The first kappa shape index (κ1) is 23.8. The standard InChI is InChI=1S/C25H25F3N2O4/c1-17-15-23(32)34-24-19(17)6-4-8-21(24)33-16-22(31)30-13-11-29(12-14-30)10-9-18-5-2-3-7-20(18)25(26,27)28/h2-8,15H,9-14,16H2,1H3. The Morgan fingerprint density at radius 2 is 1.79 bits per heavy atom. The molecule has 0 aliphatic carbocycles. The summed E-state index contributed by atoms with van der Waals surface area (Å²) < 4.78 is 50.5. The van der Waals surface area contributed by atoms with E-state index < -0.39 is 17.4 Å². The third-order valence-corrected chi connectivity index (χ3v) is 6.04. The third kappa shape index (κ3) is 5.41.